The van der Waals surface area contributed by atoms with Gasteiger partial charge in [0.05, 0.1) is 7.11 Å². The van der Waals surface area contributed by atoms with E-state index < -0.39 is 17.7 Å². The summed E-state index contributed by atoms with van der Waals surface area (Å²) >= 11 is 0. The molecule has 2 heterocycles. The maximum Gasteiger partial charge on any atom is 0.435 e. The lowest BCUT2D eigenvalue weighted by atomic mass is 10.2. The largest absolute Gasteiger partial charge is 0.494 e. The van der Waals surface area contributed by atoms with Crippen LogP contribution in [0.15, 0.2) is 29.4 Å². The standard InChI is InChI=1S/C20H26F4N6O.HI/c1-25-19(26-11-15-13-28(2)27-18(15)20(22,23)24)30-8-6-29(7-9-30)12-14-4-5-17(31-3)16(21)10-14;/h4-5,10,13H,6-9,11-12H2,1-3H3,(H,25,26);1H. The molecule has 1 aliphatic heterocycles. The van der Waals surface area contributed by atoms with Crippen LogP contribution in [-0.4, -0.2) is 65.9 Å². The molecule has 3 rings (SSSR count). The molecule has 32 heavy (non-hydrogen) atoms. The minimum atomic E-state index is -4.51. The highest BCUT2D eigenvalue weighted by Gasteiger charge is 2.37. The highest BCUT2D eigenvalue weighted by molar-refractivity contribution is 14.0. The molecule has 178 valence electrons. The predicted molar refractivity (Wildman–Crippen MR) is 124 cm³/mol. The van der Waals surface area contributed by atoms with E-state index in [0.717, 1.165) is 23.3 Å². The molecule has 0 bridgehead atoms. The molecule has 1 aliphatic rings. The van der Waals surface area contributed by atoms with Crippen molar-refractivity contribution in [1.29, 1.82) is 0 Å². The second-order valence-corrected chi connectivity index (χ2v) is 7.31. The third-order valence-electron chi connectivity index (χ3n) is 5.12. The summed E-state index contributed by atoms with van der Waals surface area (Å²) in [4.78, 5) is 8.39. The summed E-state index contributed by atoms with van der Waals surface area (Å²) < 4.78 is 59.4. The summed E-state index contributed by atoms with van der Waals surface area (Å²) in [6.45, 7) is 3.31. The number of ether oxygens (including phenoxy) is 1. The minimum absolute atomic E-state index is 0. The molecule has 0 atom stereocenters. The van der Waals surface area contributed by atoms with E-state index in [2.05, 4.69) is 20.3 Å². The molecule has 1 saturated heterocycles. The van der Waals surface area contributed by atoms with Crippen LogP contribution in [0.2, 0.25) is 0 Å². The molecule has 0 radical (unpaired) electrons. The van der Waals surface area contributed by atoms with Gasteiger partial charge in [-0.2, -0.15) is 18.3 Å². The van der Waals surface area contributed by atoms with Gasteiger partial charge in [0.1, 0.15) is 0 Å². The Balaban J connectivity index is 0.00000363. The second-order valence-electron chi connectivity index (χ2n) is 7.31. The number of alkyl halides is 3. The molecule has 7 nitrogen and oxygen atoms in total. The number of halogens is 5. The first-order valence-corrected chi connectivity index (χ1v) is 9.81. The fourth-order valence-electron chi connectivity index (χ4n) is 3.60. The number of piperazine rings is 1. The van der Waals surface area contributed by atoms with Crippen LogP contribution in [0.25, 0.3) is 0 Å². The number of hydrogen-bond acceptors (Lipinski definition) is 4. The number of nitrogens with zero attached hydrogens (tertiary/aromatic N) is 5. The highest BCUT2D eigenvalue weighted by atomic mass is 127. The van der Waals surface area contributed by atoms with E-state index in [0.29, 0.717) is 25.6 Å². The lowest BCUT2D eigenvalue weighted by Gasteiger charge is -2.36. The van der Waals surface area contributed by atoms with Gasteiger partial charge in [0.25, 0.3) is 0 Å². The molecule has 2 aromatic rings. The number of aromatic nitrogens is 2. The van der Waals surface area contributed by atoms with Gasteiger partial charge in [-0.1, -0.05) is 6.07 Å². The summed E-state index contributed by atoms with van der Waals surface area (Å²) in [5.74, 6) is 0.356. The Labute approximate surface area is 201 Å². The molecule has 1 fully saturated rings. The Bertz CT molecular complexity index is 925. The molecule has 1 aromatic heterocycles. The number of aliphatic imine (C=N–C) groups is 1. The van der Waals surface area contributed by atoms with Crippen molar-refractivity contribution in [2.75, 3.05) is 40.3 Å². The molecule has 1 aromatic carbocycles. The fourth-order valence-corrected chi connectivity index (χ4v) is 3.60. The van der Waals surface area contributed by atoms with E-state index in [1.807, 2.05) is 11.0 Å². The first-order chi connectivity index (χ1) is 14.7. The van der Waals surface area contributed by atoms with Crippen molar-refractivity contribution in [3.63, 3.8) is 0 Å². The molecular formula is C20H27F4IN6O. The summed E-state index contributed by atoms with van der Waals surface area (Å²) in [5.41, 5.74) is 0.0244. The highest BCUT2D eigenvalue weighted by Crippen LogP contribution is 2.30. The Morgan fingerprint density at radius 2 is 1.91 bits per heavy atom. The van der Waals surface area contributed by atoms with Gasteiger partial charge in [-0.3, -0.25) is 14.6 Å². The number of rotatable bonds is 5. The topological polar surface area (TPSA) is 57.9 Å². The van der Waals surface area contributed by atoms with Crippen LogP contribution in [0.4, 0.5) is 17.6 Å². The third kappa shape index (κ3) is 6.47. The smallest absolute Gasteiger partial charge is 0.435 e. The van der Waals surface area contributed by atoms with Crippen molar-refractivity contribution < 1.29 is 22.3 Å². The molecule has 0 spiro atoms. The SMILES string of the molecule is CN=C(NCc1cn(C)nc1C(F)(F)F)N1CCN(Cc2ccc(OC)c(F)c2)CC1.I. The summed E-state index contributed by atoms with van der Waals surface area (Å²) in [5, 5.41) is 6.53. The Kier molecular flexibility index (Phi) is 9.13. The average molecular weight is 570 g/mol. The summed E-state index contributed by atoms with van der Waals surface area (Å²) in [7, 11) is 4.49. The van der Waals surface area contributed by atoms with E-state index in [1.54, 1.807) is 13.1 Å². The summed E-state index contributed by atoms with van der Waals surface area (Å²) in [6.07, 6.45) is -3.15. The van der Waals surface area contributed by atoms with Gasteiger partial charge in [0.2, 0.25) is 0 Å². The zero-order chi connectivity index (χ0) is 22.6. The fraction of sp³-hybridized carbons (Fsp3) is 0.500. The van der Waals surface area contributed by atoms with Crippen LogP contribution in [0, 0.1) is 5.82 Å². The van der Waals surface area contributed by atoms with Gasteiger partial charge in [-0.05, 0) is 17.7 Å². The van der Waals surface area contributed by atoms with Crippen LogP contribution in [0.5, 0.6) is 5.75 Å². The zero-order valence-corrected chi connectivity index (χ0v) is 20.4. The lowest BCUT2D eigenvalue weighted by molar-refractivity contribution is -0.142. The Hall–Kier alpha value is -2.09. The second kappa shape index (κ2) is 11.2. The first-order valence-electron chi connectivity index (χ1n) is 9.81. The molecule has 0 amide bonds. The minimum Gasteiger partial charge on any atom is -0.494 e. The Morgan fingerprint density at radius 3 is 2.47 bits per heavy atom. The molecule has 0 saturated carbocycles. The van der Waals surface area contributed by atoms with Crippen molar-refractivity contribution in [3.8, 4) is 5.75 Å². The van der Waals surface area contributed by atoms with Crippen molar-refractivity contribution in [3.05, 3.63) is 47.0 Å². The van der Waals surface area contributed by atoms with Crippen LogP contribution >= 0.6 is 24.0 Å². The van der Waals surface area contributed by atoms with Gasteiger partial charge in [-0.15, -0.1) is 24.0 Å². The normalized spacial score (nSPS) is 15.5. The molecule has 1 N–H and O–H groups in total. The van der Waals surface area contributed by atoms with Crippen molar-refractivity contribution >= 4 is 29.9 Å². The van der Waals surface area contributed by atoms with Crippen molar-refractivity contribution in [2.45, 2.75) is 19.3 Å². The molecule has 0 aliphatic carbocycles. The number of aryl methyl sites for hydroxylation is 1. The number of guanidine groups is 1. The molecule has 0 unspecified atom stereocenters. The van der Waals surface area contributed by atoms with Crippen molar-refractivity contribution in [1.82, 2.24) is 24.9 Å². The van der Waals surface area contributed by atoms with E-state index in [4.69, 9.17) is 4.74 Å². The van der Waals surface area contributed by atoms with Crippen LogP contribution in [0.1, 0.15) is 16.8 Å². The van der Waals surface area contributed by atoms with E-state index in [-0.39, 0.29) is 41.8 Å². The van der Waals surface area contributed by atoms with Crippen LogP contribution in [0.3, 0.4) is 0 Å². The number of nitrogens with one attached hydrogen (secondary N) is 1. The van der Waals surface area contributed by atoms with E-state index in [9.17, 15) is 17.6 Å². The monoisotopic (exact) mass is 570 g/mol. The predicted octanol–water partition coefficient (Wildman–Crippen LogP) is 3.10. The van der Waals surface area contributed by atoms with Gasteiger partial charge >= 0.3 is 6.18 Å². The lowest BCUT2D eigenvalue weighted by Crippen LogP contribution is -2.52. The number of benzene rings is 1. The molecule has 12 heteroatoms. The van der Waals surface area contributed by atoms with Gasteiger partial charge in [0.15, 0.2) is 23.2 Å². The summed E-state index contributed by atoms with van der Waals surface area (Å²) in [6, 6.07) is 4.92. The number of methoxy groups -OCH3 is 1. The Morgan fingerprint density at radius 1 is 1.22 bits per heavy atom. The van der Waals surface area contributed by atoms with Gasteiger partial charge in [-0.25, -0.2) is 4.39 Å². The van der Waals surface area contributed by atoms with Crippen molar-refractivity contribution in [2.24, 2.45) is 12.0 Å². The quantitative estimate of drug-likeness (QED) is 0.259. The maximum atomic E-state index is 13.9. The van der Waals surface area contributed by atoms with E-state index in [1.165, 1.54) is 26.4 Å². The molecular weight excluding hydrogens is 543 g/mol. The zero-order valence-electron chi connectivity index (χ0n) is 18.1. The van der Waals surface area contributed by atoms with Crippen LogP contribution in [-0.2, 0) is 26.3 Å². The number of hydrogen-bond donors (Lipinski definition) is 1. The first kappa shape index (κ1) is 26.2. The van der Waals surface area contributed by atoms with Crippen LogP contribution < -0.4 is 10.1 Å². The van der Waals surface area contributed by atoms with E-state index >= 15 is 0 Å². The van der Waals surface area contributed by atoms with Gasteiger partial charge in [0, 0.05) is 65.1 Å². The third-order valence-corrected chi connectivity index (χ3v) is 5.12. The average Bonchev–Trinajstić information content (AvgIpc) is 3.11. The maximum absolute atomic E-state index is 13.9. The van der Waals surface area contributed by atoms with Gasteiger partial charge < -0.3 is 15.0 Å².